The standard InChI is InChI=1S/C40H47N7O5S/c1-7-26-15-18-46(26)39(50)43-31-20-34-42-32(22-53-34)25-13-14-33-28(19-25)29(36(45(33)8-2)27-11-9-16-41-35(27)24(3)51-6)21-40(4,5)23-52-38(49)30-12-10-17-47(44-30)37(31)48/h1,9,11,13-14,16,19,22,24,26,30-31,44H,8,10,12,15,17-18,20-21,23H2,2-6H3,(H,43,50)/t24-,26?,30-,31-/m0/s1. The van der Waals surface area contributed by atoms with Crippen molar-refractivity contribution in [3.63, 3.8) is 0 Å². The molecule has 13 heteroatoms. The SMILES string of the molecule is C#CC1CCN1C(=O)N[C@H]1Cc2nc(cs2)-c2ccc3c(c2)c(c(-c2cccnc2[C@H](C)OC)n3CC)CC(C)(C)COC(=O)[C@@H]2CCCN(N2)C1=O. The third-order valence-corrected chi connectivity index (χ3v) is 11.5. The fraction of sp³-hybridized carbons (Fsp3) is 0.475. The number of hydrogen-bond acceptors (Lipinski definition) is 9. The number of amides is 3. The molecule has 3 amide bonds. The van der Waals surface area contributed by atoms with E-state index in [1.54, 1.807) is 18.2 Å². The molecule has 1 aromatic carbocycles. The third kappa shape index (κ3) is 7.15. The number of cyclic esters (lactones) is 1. The molecule has 2 saturated heterocycles. The first-order valence-corrected chi connectivity index (χ1v) is 19.2. The first-order chi connectivity index (χ1) is 25.5. The zero-order valence-electron chi connectivity index (χ0n) is 31.0. The van der Waals surface area contributed by atoms with Crippen LogP contribution in [0.5, 0.6) is 0 Å². The molecule has 278 valence electrons. The van der Waals surface area contributed by atoms with Gasteiger partial charge in [0.15, 0.2) is 0 Å². The second-order valence-corrected chi connectivity index (χ2v) is 15.8. The Morgan fingerprint density at radius 3 is 2.81 bits per heavy atom. The van der Waals surface area contributed by atoms with Crippen molar-refractivity contribution in [1.29, 1.82) is 0 Å². The lowest BCUT2D eigenvalue weighted by atomic mass is 9.84. The Morgan fingerprint density at radius 1 is 1.25 bits per heavy atom. The van der Waals surface area contributed by atoms with Crippen LogP contribution >= 0.6 is 11.3 Å². The minimum absolute atomic E-state index is 0.171. The van der Waals surface area contributed by atoms with Gasteiger partial charge >= 0.3 is 12.0 Å². The number of carbonyl (C=O) groups is 3. The first kappa shape index (κ1) is 36.6. The van der Waals surface area contributed by atoms with Crippen molar-refractivity contribution in [3.05, 3.63) is 58.2 Å². The molecule has 53 heavy (non-hydrogen) atoms. The maximum atomic E-state index is 14.1. The Hall–Kier alpha value is -4.77. The number of carbonyl (C=O) groups excluding carboxylic acids is 3. The number of methoxy groups -OCH3 is 1. The fourth-order valence-electron chi connectivity index (χ4n) is 7.60. The summed E-state index contributed by atoms with van der Waals surface area (Å²) in [5.41, 5.74) is 9.51. The van der Waals surface area contributed by atoms with Crippen LogP contribution in [0.3, 0.4) is 0 Å². The summed E-state index contributed by atoms with van der Waals surface area (Å²) in [6, 6.07) is 8.14. The maximum absolute atomic E-state index is 14.1. The van der Waals surface area contributed by atoms with Crippen molar-refractivity contribution in [1.82, 2.24) is 35.2 Å². The van der Waals surface area contributed by atoms with Gasteiger partial charge in [-0.05, 0) is 69.4 Å². The summed E-state index contributed by atoms with van der Waals surface area (Å²) in [4.78, 5) is 52.4. The van der Waals surface area contributed by atoms with Crippen molar-refractivity contribution in [2.24, 2.45) is 5.41 Å². The van der Waals surface area contributed by atoms with Gasteiger partial charge in [-0.25, -0.2) is 15.2 Å². The highest BCUT2D eigenvalue weighted by molar-refractivity contribution is 7.10. The molecule has 4 atom stereocenters. The largest absolute Gasteiger partial charge is 0.464 e. The van der Waals surface area contributed by atoms with Gasteiger partial charge in [-0.1, -0.05) is 25.8 Å². The zero-order chi connectivity index (χ0) is 37.4. The topological polar surface area (TPSA) is 131 Å². The molecule has 0 saturated carbocycles. The van der Waals surface area contributed by atoms with Crippen molar-refractivity contribution in [2.45, 2.75) is 90.6 Å². The lowest BCUT2D eigenvalue weighted by Gasteiger charge is -2.39. The molecule has 6 heterocycles. The second-order valence-electron chi connectivity index (χ2n) is 14.9. The van der Waals surface area contributed by atoms with E-state index in [9.17, 15) is 14.4 Å². The number of aryl methyl sites for hydroxylation is 1. The minimum Gasteiger partial charge on any atom is -0.464 e. The van der Waals surface area contributed by atoms with E-state index in [2.05, 4.69) is 66.3 Å². The number of thiazole rings is 1. The molecule has 0 spiro atoms. The van der Waals surface area contributed by atoms with E-state index in [1.807, 2.05) is 18.4 Å². The zero-order valence-corrected chi connectivity index (χ0v) is 31.8. The van der Waals surface area contributed by atoms with Crippen molar-refractivity contribution >= 4 is 40.1 Å². The number of hydrazine groups is 1. The molecule has 1 unspecified atom stereocenters. The molecule has 3 aliphatic rings. The molecule has 6 bridgehead atoms. The van der Waals surface area contributed by atoms with Crippen LogP contribution in [-0.2, 0) is 38.4 Å². The molecule has 3 aromatic heterocycles. The van der Waals surface area contributed by atoms with E-state index >= 15 is 0 Å². The Bertz CT molecular complexity index is 2080. The Labute approximate surface area is 314 Å². The number of pyridine rings is 1. The van der Waals surface area contributed by atoms with E-state index < -0.39 is 29.5 Å². The smallest absolute Gasteiger partial charge is 0.324 e. The van der Waals surface area contributed by atoms with E-state index in [0.29, 0.717) is 37.4 Å². The molecule has 7 rings (SSSR count). The van der Waals surface area contributed by atoms with Crippen molar-refractivity contribution in [3.8, 4) is 34.9 Å². The monoisotopic (exact) mass is 737 g/mol. The lowest BCUT2D eigenvalue weighted by molar-refractivity contribution is -0.155. The number of esters is 1. The van der Waals surface area contributed by atoms with Crippen molar-refractivity contribution < 1.29 is 23.9 Å². The van der Waals surface area contributed by atoms with Crippen molar-refractivity contribution in [2.75, 3.05) is 26.8 Å². The third-order valence-electron chi connectivity index (χ3n) is 10.6. The predicted octanol–water partition coefficient (Wildman–Crippen LogP) is 5.50. The van der Waals surface area contributed by atoms with Gasteiger partial charge in [0.1, 0.15) is 12.1 Å². The summed E-state index contributed by atoms with van der Waals surface area (Å²) in [5.74, 6) is 1.88. The molecular weight excluding hydrogens is 691 g/mol. The van der Waals surface area contributed by atoms with Gasteiger partial charge in [0, 0.05) is 72.2 Å². The van der Waals surface area contributed by atoms with Crippen LogP contribution in [-0.4, -0.2) is 87.3 Å². The van der Waals surface area contributed by atoms with E-state index in [-0.39, 0.29) is 31.1 Å². The molecule has 12 nitrogen and oxygen atoms in total. The van der Waals surface area contributed by atoms with Gasteiger partial charge in [-0.2, -0.15) is 0 Å². The number of likely N-dealkylation sites (tertiary alicyclic amines) is 1. The molecule has 3 aliphatic heterocycles. The van der Waals surface area contributed by atoms with Crippen LogP contribution < -0.4 is 10.7 Å². The second kappa shape index (κ2) is 14.9. The number of rotatable bonds is 5. The average molecular weight is 738 g/mol. The summed E-state index contributed by atoms with van der Waals surface area (Å²) in [5, 5.41) is 8.17. The summed E-state index contributed by atoms with van der Waals surface area (Å²) >= 11 is 1.45. The lowest BCUT2D eigenvalue weighted by Crippen LogP contribution is -2.63. The molecule has 0 aliphatic carbocycles. The average Bonchev–Trinajstić information content (AvgIpc) is 3.74. The highest BCUT2D eigenvalue weighted by atomic mass is 32.1. The number of ether oxygens (including phenoxy) is 2. The van der Waals surface area contributed by atoms with Gasteiger partial charge in [-0.15, -0.1) is 17.8 Å². The van der Waals surface area contributed by atoms with Gasteiger partial charge < -0.3 is 24.3 Å². The number of fused-ring (bicyclic) bond motifs is 6. The quantitative estimate of drug-likeness (QED) is 0.203. The number of benzene rings is 1. The fourth-order valence-corrected chi connectivity index (χ4v) is 8.45. The van der Waals surface area contributed by atoms with Crippen LogP contribution in [0.4, 0.5) is 4.79 Å². The van der Waals surface area contributed by atoms with Crippen LogP contribution in [0.1, 0.15) is 69.3 Å². The maximum Gasteiger partial charge on any atom is 0.324 e. The van der Waals surface area contributed by atoms with Gasteiger partial charge in [-0.3, -0.25) is 19.6 Å². The normalized spacial score (nSPS) is 22.4. The molecule has 4 aromatic rings. The molecular formula is C40H47N7O5S. The Kier molecular flexibility index (Phi) is 10.3. The number of urea groups is 1. The number of nitrogens with one attached hydrogen (secondary N) is 2. The predicted molar refractivity (Wildman–Crippen MR) is 204 cm³/mol. The Balaban J connectivity index is 1.34. The number of nitrogens with zero attached hydrogens (tertiary/aromatic N) is 5. The molecule has 2 N–H and O–H groups in total. The van der Waals surface area contributed by atoms with Crippen LogP contribution in [0.25, 0.3) is 33.4 Å². The highest BCUT2D eigenvalue weighted by Gasteiger charge is 2.38. The summed E-state index contributed by atoms with van der Waals surface area (Å²) in [6.45, 7) is 10.2. The van der Waals surface area contributed by atoms with Crippen LogP contribution in [0.2, 0.25) is 0 Å². The summed E-state index contributed by atoms with van der Waals surface area (Å²) in [6.07, 6.45) is 9.84. The number of hydrogen-bond donors (Lipinski definition) is 2. The van der Waals surface area contributed by atoms with Gasteiger partial charge in [0.05, 0.1) is 40.8 Å². The summed E-state index contributed by atoms with van der Waals surface area (Å²) in [7, 11) is 1.69. The van der Waals surface area contributed by atoms with E-state index in [0.717, 1.165) is 57.6 Å². The minimum atomic E-state index is -0.931. The molecule has 2 fully saturated rings. The van der Waals surface area contributed by atoms with Crippen LogP contribution in [0, 0.1) is 17.8 Å². The Morgan fingerprint density at radius 2 is 2.08 bits per heavy atom. The molecule has 0 radical (unpaired) electrons. The van der Waals surface area contributed by atoms with E-state index in [4.69, 9.17) is 25.9 Å². The highest BCUT2D eigenvalue weighted by Crippen LogP contribution is 2.42. The number of terminal acetylenes is 1. The first-order valence-electron chi connectivity index (χ1n) is 18.4. The van der Waals surface area contributed by atoms with Crippen LogP contribution in [0.15, 0.2) is 41.9 Å². The van der Waals surface area contributed by atoms with Gasteiger partial charge in [0.25, 0.3) is 5.91 Å². The van der Waals surface area contributed by atoms with E-state index in [1.165, 1.54) is 16.3 Å². The number of aromatic nitrogens is 3. The van der Waals surface area contributed by atoms with Gasteiger partial charge in [0.2, 0.25) is 0 Å². The summed E-state index contributed by atoms with van der Waals surface area (Å²) < 4.78 is 14.1.